The molecular formula is C25H31ClN2O3. The van der Waals surface area contributed by atoms with Gasteiger partial charge in [0.1, 0.15) is 11.8 Å². The van der Waals surface area contributed by atoms with Gasteiger partial charge in [-0.25, -0.2) is 0 Å². The van der Waals surface area contributed by atoms with E-state index in [0.29, 0.717) is 18.0 Å². The third-order valence-corrected chi connectivity index (χ3v) is 6.05. The van der Waals surface area contributed by atoms with E-state index in [-0.39, 0.29) is 24.3 Å². The molecule has 0 heterocycles. The van der Waals surface area contributed by atoms with Gasteiger partial charge in [-0.2, -0.15) is 0 Å². The van der Waals surface area contributed by atoms with Crippen molar-refractivity contribution in [1.29, 1.82) is 0 Å². The summed E-state index contributed by atoms with van der Waals surface area (Å²) in [6, 6.07) is 14.6. The minimum atomic E-state index is -0.529. The van der Waals surface area contributed by atoms with Gasteiger partial charge in [0.2, 0.25) is 11.8 Å². The molecule has 2 aromatic carbocycles. The summed E-state index contributed by atoms with van der Waals surface area (Å²) in [4.78, 5) is 28.2. The fourth-order valence-corrected chi connectivity index (χ4v) is 4.39. The van der Waals surface area contributed by atoms with Crippen LogP contribution in [0.5, 0.6) is 5.75 Å². The van der Waals surface area contributed by atoms with Crippen molar-refractivity contribution >= 4 is 23.4 Å². The van der Waals surface area contributed by atoms with Gasteiger partial charge in [-0.15, -0.1) is 0 Å². The Labute approximate surface area is 189 Å². The first-order valence-corrected chi connectivity index (χ1v) is 11.3. The molecular weight excluding hydrogens is 412 g/mol. The van der Waals surface area contributed by atoms with Gasteiger partial charge in [-0.3, -0.25) is 9.59 Å². The number of rotatable bonds is 9. The second-order valence-electron chi connectivity index (χ2n) is 8.09. The Balaban J connectivity index is 1.83. The number of ether oxygens (including phenoxy) is 1. The zero-order valence-corrected chi connectivity index (χ0v) is 19.0. The summed E-state index contributed by atoms with van der Waals surface area (Å²) in [7, 11) is 1.62. The second-order valence-corrected chi connectivity index (χ2v) is 8.53. The molecule has 2 amide bonds. The summed E-state index contributed by atoms with van der Waals surface area (Å²) in [5.41, 5.74) is 1.75. The van der Waals surface area contributed by atoms with Crippen LogP contribution in [0.25, 0.3) is 0 Å². The fraction of sp³-hybridized carbons (Fsp3) is 0.440. The molecule has 0 saturated heterocycles. The van der Waals surface area contributed by atoms with Gasteiger partial charge in [-0.05, 0) is 54.7 Å². The van der Waals surface area contributed by atoms with E-state index in [0.717, 1.165) is 42.6 Å². The van der Waals surface area contributed by atoms with Crippen LogP contribution in [0, 0.1) is 0 Å². The monoisotopic (exact) mass is 442 g/mol. The molecule has 0 spiro atoms. The predicted molar refractivity (Wildman–Crippen MR) is 123 cm³/mol. The second kappa shape index (κ2) is 11.2. The van der Waals surface area contributed by atoms with E-state index in [1.54, 1.807) is 24.1 Å². The van der Waals surface area contributed by atoms with Gasteiger partial charge in [-0.1, -0.05) is 55.6 Å². The number of hydrogen-bond donors (Lipinski definition) is 1. The van der Waals surface area contributed by atoms with Crippen molar-refractivity contribution in [3.05, 3.63) is 64.7 Å². The summed E-state index contributed by atoms with van der Waals surface area (Å²) >= 11 is 6.10. The highest BCUT2D eigenvalue weighted by atomic mass is 35.5. The van der Waals surface area contributed by atoms with Gasteiger partial charge in [0.25, 0.3) is 0 Å². The van der Waals surface area contributed by atoms with E-state index in [4.69, 9.17) is 16.3 Å². The third kappa shape index (κ3) is 6.47. The van der Waals surface area contributed by atoms with Gasteiger partial charge >= 0.3 is 0 Å². The van der Waals surface area contributed by atoms with Crippen LogP contribution in [0.2, 0.25) is 5.02 Å². The molecule has 1 aliphatic carbocycles. The quantitative estimate of drug-likeness (QED) is 0.609. The molecule has 0 bridgehead atoms. The number of nitrogens with one attached hydrogen (secondary N) is 1. The topological polar surface area (TPSA) is 58.6 Å². The molecule has 31 heavy (non-hydrogen) atoms. The van der Waals surface area contributed by atoms with E-state index in [9.17, 15) is 9.59 Å². The molecule has 6 heteroatoms. The Kier molecular flexibility index (Phi) is 8.35. The average molecular weight is 443 g/mol. The van der Waals surface area contributed by atoms with E-state index in [1.165, 1.54) is 0 Å². The van der Waals surface area contributed by atoms with Gasteiger partial charge in [0.05, 0.1) is 13.5 Å². The van der Waals surface area contributed by atoms with Crippen molar-refractivity contribution in [1.82, 2.24) is 10.2 Å². The number of hydrogen-bond acceptors (Lipinski definition) is 3. The maximum atomic E-state index is 13.4. The summed E-state index contributed by atoms with van der Waals surface area (Å²) < 4.78 is 5.33. The molecule has 3 rings (SSSR count). The Morgan fingerprint density at radius 2 is 1.84 bits per heavy atom. The largest absolute Gasteiger partial charge is 0.497 e. The maximum absolute atomic E-state index is 13.4. The van der Waals surface area contributed by atoms with Crippen LogP contribution in [0.3, 0.4) is 0 Å². The lowest BCUT2D eigenvalue weighted by Gasteiger charge is -2.31. The molecule has 0 aliphatic heterocycles. The fourth-order valence-electron chi connectivity index (χ4n) is 4.18. The highest BCUT2D eigenvalue weighted by Crippen LogP contribution is 2.21. The zero-order valence-electron chi connectivity index (χ0n) is 18.3. The van der Waals surface area contributed by atoms with Gasteiger partial charge in [0, 0.05) is 17.6 Å². The van der Waals surface area contributed by atoms with Crippen LogP contribution in [0.4, 0.5) is 0 Å². The summed E-state index contributed by atoms with van der Waals surface area (Å²) in [5, 5.41) is 3.76. The van der Waals surface area contributed by atoms with E-state index in [1.807, 2.05) is 43.3 Å². The van der Waals surface area contributed by atoms with Crippen LogP contribution in [0.1, 0.15) is 50.2 Å². The number of halogens is 1. The van der Waals surface area contributed by atoms with Crippen LogP contribution in [0.15, 0.2) is 48.5 Å². The summed E-state index contributed by atoms with van der Waals surface area (Å²) in [5.74, 6) is 0.554. The molecule has 1 saturated carbocycles. The number of carbonyl (C=O) groups excluding carboxylic acids is 2. The average Bonchev–Trinajstić information content (AvgIpc) is 3.26. The molecule has 0 unspecified atom stereocenters. The Bertz CT molecular complexity index is 896. The number of nitrogens with zero attached hydrogens (tertiary/aromatic N) is 1. The Hall–Kier alpha value is -2.53. The van der Waals surface area contributed by atoms with Crippen molar-refractivity contribution in [3.63, 3.8) is 0 Å². The highest BCUT2D eigenvalue weighted by molar-refractivity contribution is 6.30. The zero-order chi connectivity index (χ0) is 22.2. The van der Waals surface area contributed by atoms with Crippen molar-refractivity contribution in [3.8, 4) is 5.75 Å². The number of amides is 2. The van der Waals surface area contributed by atoms with E-state index in [2.05, 4.69) is 5.32 Å². The SMILES string of the molecule is CC[C@H](C(=O)NC1CCCC1)N(Cc1cccc(OC)c1)C(=O)Cc1cccc(Cl)c1. The molecule has 0 radical (unpaired) electrons. The Morgan fingerprint density at radius 1 is 1.13 bits per heavy atom. The number of methoxy groups -OCH3 is 1. The number of carbonyl (C=O) groups is 2. The molecule has 1 fully saturated rings. The smallest absolute Gasteiger partial charge is 0.243 e. The van der Waals surface area contributed by atoms with Crippen LogP contribution < -0.4 is 10.1 Å². The highest BCUT2D eigenvalue weighted by Gasteiger charge is 2.30. The van der Waals surface area contributed by atoms with Crippen LogP contribution >= 0.6 is 11.6 Å². The van der Waals surface area contributed by atoms with Crippen LogP contribution in [-0.2, 0) is 22.6 Å². The molecule has 2 aromatic rings. The molecule has 5 nitrogen and oxygen atoms in total. The normalized spacial score (nSPS) is 14.8. The van der Waals surface area contributed by atoms with Gasteiger partial charge < -0.3 is 15.0 Å². The Morgan fingerprint density at radius 3 is 2.52 bits per heavy atom. The minimum Gasteiger partial charge on any atom is -0.497 e. The van der Waals surface area contributed by atoms with Crippen molar-refractivity contribution in [2.75, 3.05) is 7.11 Å². The first kappa shape index (κ1) is 23.1. The lowest BCUT2D eigenvalue weighted by atomic mass is 10.1. The minimum absolute atomic E-state index is 0.0725. The first-order chi connectivity index (χ1) is 15.0. The molecule has 1 N–H and O–H groups in total. The molecule has 0 aromatic heterocycles. The van der Waals surface area contributed by atoms with Crippen molar-refractivity contribution in [2.24, 2.45) is 0 Å². The first-order valence-electron chi connectivity index (χ1n) is 11.0. The van der Waals surface area contributed by atoms with E-state index < -0.39 is 6.04 Å². The number of benzene rings is 2. The maximum Gasteiger partial charge on any atom is 0.243 e. The van der Waals surface area contributed by atoms with E-state index >= 15 is 0 Å². The summed E-state index contributed by atoms with van der Waals surface area (Å²) in [6.45, 7) is 2.29. The molecule has 1 atom stereocenters. The molecule has 1 aliphatic rings. The summed E-state index contributed by atoms with van der Waals surface area (Å²) in [6.07, 6.45) is 5.04. The van der Waals surface area contributed by atoms with Crippen molar-refractivity contribution < 1.29 is 14.3 Å². The lowest BCUT2D eigenvalue weighted by molar-refractivity contribution is -0.141. The molecule has 166 valence electrons. The lowest BCUT2D eigenvalue weighted by Crippen LogP contribution is -2.51. The van der Waals surface area contributed by atoms with Gasteiger partial charge in [0.15, 0.2) is 0 Å². The predicted octanol–water partition coefficient (Wildman–Crippen LogP) is 4.76. The van der Waals surface area contributed by atoms with Crippen molar-refractivity contribution in [2.45, 2.75) is 64.1 Å². The third-order valence-electron chi connectivity index (χ3n) is 5.82. The standard InChI is InChI=1S/C25H31ClN2O3/c1-3-23(25(30)27-21-11-4-5-12-21)28(17-19-9-7-13-22(15-19)31-2)24(29)16-18-8-6-10-20(26)14-18/h6-10,13-15,21,23H,3-5,11-12,16-17H2,1-2H3,(H,27,30)/t23-/m1/s1. The van der Waals surface area contributed by atoms with Crippen LogP contribution in [-0.4, -0.2) is 35.9 Å².